The SMILES string of the molecule is Oc1c(C(c2ccc[nH+]c2)[NH+]2CCCCC2)ccc2ccc[nH+]c12. The number of benzene rings is 1. The van der Waals surface area contributed by atoms with E-state index in [0.717, 1.165) is 29.6 Å². The molecule has 0 radical (unpaired) electrons. The Kier molecular flexibility index (Phi) is 4.13. The van der Waals surface area contributed by atoms with Gasteiger partial charge in [-0.1, -0.05) is 0 Å². The summed E-state index contributed by atoms with van der Waals surface area (Å²) in [7, 11) is 0. The van der Waals surface area contributed by atoms with Gasteiger partial charge in [-0.15, -0.1) is 0 Å². The van der Waals surface area contributed by atoms with Crippen LogP contribution < -0.4 is 14.9 Å². The first-order valence-electron chi connectivity index (χ1n) is 8.77. The smallest absolute Gasteiger partial charge is 0.253 e. The van der Waals surface area contributed by atoms with E-state index in [1.165, 1.54) is 29.7 Å². The summed E-state index contributed by atoms with van der Waals surface area (Å²) < 4.78 is 0. The Bertz CT molecular complexity index is 829. The van der Waals surface area contributed by atoms with Crippen LogP contribution in [0.3, 0.4) is 0 Å². The zero-order valence-corrected chi connectivity index (χ0v) is 13.8. The molecule has 1 aliphatic rings. The van der Waals surface area contributed by atoms with Gasteiger partial charge in [0.15, 0.2) is 24.3 Å². The lowest BCUT2D eigenvalue weighted by molar-refractivity contribution is -0.930. The molecule has 3 aromatic rings. The van der Waals surface area contributed by atoms with E-state index in [1.807, 2.05) is 30.6 Å². The molecule has 122 valence electrons. The number of piperidine rings is 1. The normalized spacial score (nSPS) is 17.0. The van der Waals surface area contributed by atoms with E-state index in [-0.39, 0.29) is 6.04 Å². The summed E-state index contributed by atoms with van der Waals surface area (Å²) in [5.74, 6) is 0.375. The van der Waals surface area contributed by atoms with Crippen LogP contribution in [-0.2, 0) is 0 Å². The van der Waals surface area contributed by atoms with Crippen molar-refractivity contribution in [2.45, 2.75) is 25.3 Å². The molecule has 4 nitrogen and oxygen atoms in total. The van der Waals surface area contributed by atoms with Crippen LogP contribution in [0.15, 0.2) is 55.0 Å². The Hall–Kier alpha value is -2.46. The minimum atomic E-state index is 0.153. The minimum absolute atomic E-state index is 0.153. The van der Waals surface area contributed by atoms with E-state index < -0.39 is 0 Å². The van der Waals surface area contributed by atoms with E-state index in [4.69, 9.17) is 0 Å². The van der Waals surface area contributed by atoms with Gasteiger partial charge in [0.1, 0.15) is 6.04 Å². The first-order valence-corrected chi connectivity index (χ1v) is 8.77. The molecule has 24 heavy (non-hydrogen) atoms. The number of H-pyrrole nitrogens is 2. The fourth-order valence-corrected chi connectivity index (χ4v) is 3.95. The first kappa shape index (κ1) is 15.1. The maximum atomic E-state index is 11.0. The molecule has 2 aromatic heterocycles. The Morgan fingerprint density at radius 2 is 1.79 bits per heavy atom. The molecule has 4 N–H and O–H groups in total. The van der Waals surface area contributed by atoms with Crippen LogP contribution in [0.1, 0.15) is 36.4 Å². The van der Waals surface area contributed by atoms with Crippen molar-refractivity contribution >= 4 is 10.9 Å². The quantitative estimate of drug-likeness (QED) is 0.751. The second-order valence-electron chi connectivity index (χ2n) is 6.63. The molecule has 0 spiro atoms. The number of aromatic hydroxyl groups is 1. The molecule has 1 saturated heterocycles. The fourth-order valence-electron chi connectivity index (χ4n) is 3.95. The van der Waals surface area contributed by atoms with Crippen molar-refractivity contribution in [3.8, 4) is 5.75 Å². The molecular formula is C20H24N3O+3. The van der Waals surface area contributed by atoms with Crippen molar-refractivity contribution in [3.63, 3.8) is 0 Å². The molecule has 0 bridgehead atoms. The molecule has 1 unspecified atom stereocenters. The average molecular weight is 322 g/mol. The van der Waals surface area contributed by atoms with E-state index in [1.54, 1.807) is 0 Å². The average Bonchev–Trinajstić information content (AvgIpc) is 2.66. The molecular weight excluding hydrogens is 298 g/mol. The van der Waals surface area contributed by atoms with Crippen molar-refractivity contribution < 1.29 is 20.0 Å². The zero-order valence-electron chi connectivity index (χ0n) is 13.8. The topological polar surface area (TPSA) is 53.0 Å². The van der Waals surface area contributed by atoms with E-state index in [9.17, 15) is 5.11 Å². The van der Waals surface area contributed by atoms with Gasteiger partial charge >= 0.3 is 0 Å². The number of nitrogens with one attached hydrogen (secondary N) is 3. The number of hydrogen-bond donors (Lipinski definition) is 2. The number of hydrogen-bond acceptors (Lipinski definition) is 1. The Balaban J connectivity index is 1.85. The van der Waals surface area contributed by atoms with Crippen LogP contribution in [0.2, 0.25) is 0 Å². The molecule has 3 heterocycles. The van der Waals surface area contributed by atoms with Gasteiger partial charge in [-0.05, 0) is 43.5 Å². The molecule has 1 aliphatic heterocycles. The van der Waals surface area contributed by atoms with Gasteiger partial charge in [-0.25, -0.2) is 9.97 Å². The molecule has 4 rings (SSSR count). The van der Waals surface area contributed by atoms with E-state index in [0.29, 0.717) is 5.75 Å². The maximum absolute atomic E-state index is 11.0. The van der Waals surface area contributed by atoms with Gasteiger partial charge in [0.2, 0.25) is 0 Å². The monoisotopic (exact) mass is 322 g/mol. The van der Waals surface area contributed by atoms with Crippen LogP contribution in [0, 0.1) is 0 Å². The van der Waals surface area contributed by atoms with Gasteiger partial charge in [0, 0.05) is 12.1 Å². The summed E-state index contributed by atoms with van der Waals surface area (Å²) in [6.07, 6.45) is 9.68. The van der Waals surface area contributed by atoms with Gasteiger partial charge < -0.3 is 10.0 Å². The number of likely N-dealkylation sites (tertiary alicyclic amines) is 1. The van der Waals surface area contributed by atoms with Crippen LogP contribution in [-0.4, -0.2) is 18.2 Å². The minimum Gasteiger partial charge on any atom is -0.502 e. The summed E-state index contributed by atoms with van der Waals surface area (Å²) >= 11 is 0. The molecule has 1 aromatic carbocycles. The summed E-state index contributed by atoms with van der Waals surface area (Å²) in [5.41, 5.74) is 3.04. The number of pyridine rings is 2. The molecule has 0 saturated carbocycles. The lowest BCUT2D eigenvalue weighted by atomic mass is 9.94. The lowest BCUT2D eigenvalue weighted by Crippen LogP contribution is -3.13. The van der Waals surface area contributed by atoms with E-state index in [2.05, 4.69) is 34.4 Å². The number of fused-ring (bicyclic) bond motifs is 1. The first-order chi connectivity index (χ1) is 11.8. The zero-order chi connectivity index (χ0) is 16.4. The predicted molar refractivity (Wildman–Crippen MR) is 91.6 cm³/mol. The Morgan fingerprint density at radius 1 is 0.958 bits per heavy atom. The second-order valence-corrected chi connectivity index (χ2v) is 6.63. The summed E-state index contributed by atoms with van der Waals surface area (Å²) in [5, 5.41) is 12.0. The highest BCUT2D eigenvalue weighted by molar-refractivity contribution is 5.82. The summed E-state index contributed by atoms with van der Waals surface area (Å²) in [4.78, 5) is 7.94. The van der Waals surface area contributed by atoms with Crippen molar-refractivity contribution in [2.75, 3.05) is 13.1 Å². The van der Waals surface area contributed by atoms with Gasteiger partial charge in [0.05, 0.1) is 29.6 Å². The molecule has 1 fully saturated rings. The third kappa shape index (κ3) is 2.74. The third-order valence-corrected chi connectivity index (χ3v) is 5.12. The van der Waals surface area contributed by atoms with Gasteiger partial charge in [-0.2, -0.15) is 0 Å². The number of quaternary nitrogens is 1. The van der Waals surface area contributed by atoms with Crippen LogP contribution in [0.5, 0.6) is 5.75 Å². The molecule has 4 heteroatoms. The molecule has 0 amide bonds. The summed E-state index contributed by atoms with van der Waals surface area (Å²) in [6.45, 7) is 2.30. The Labute approximate surface area is 141 Å². The van der Waals surface area contributed by atoms with Gasteiger partial charge in [0.25, 0.3) is 5.52 Å². The number of phenolic OH excluding ortho intramolecular Hbond substituents is 1. The number of rotatable bonds is 3. The maximum Gasteiger partial charge on any atom is 0.253 e. The van der Waals surface area contributed by atoms with Crippen LogP contribution >= 0.6 is 0 Å². The number of phenols is 1. The van der Waals surface area contributed by atoms with Crippen molar-refractivity contribution in [2.24, 2.45) is 0 Å². The largest absolute Gasteiger partial charge is 0.502 e. The standard InChI is InChI=1S/C20H21N3O/c24-20-17(9-8-15-6-5-11-22-18(15)20)19(16-7-4-10-21-14-16)23-12-2-1-3-13-23/h4-11,14,19,24H,1-3,12-13H2/p+3. The highest BCUT2D eigenvalue weighted by atomic mass is 16.3. The highest BCUT2D eigenvalue weighted by Gasteiger charge is 2.32. The molecule has 0 aliphatic carbocycles. The van der Waals surface area contributed by atoms with Crippen molar-refractivity contribution in [1.82, 2.24) is 0 Å². The highest BCUT2D eigenvalue weighted by Crippen LogP contribution is 2.31. The Morgan fingerprint density at radius 3 is 2.58 bits per heavy atom. The third-order valence-electron chi connectivity index (χ3n) is 5.12. The van der Waals surface area contributed by atoms with Crippen LogP contribution in [0.25, 0.3) is 10.9 Å². The summed E-state index contributed by atoms with van der Waals surface area (Å²) in [6, 6.07) is 12.5. The molecule has 1 atom stereocenters. The van der Waals surface area contributed by atoms with Crippen LogP contribution in [0.4, 0.5) is 0 Å². The second kappa shape index (κ2) is 6.57. The van der Waals surface area contributed by atoms with E-state index >= 15 is 0 Å². The lowest BCUT2D eigenvalue weighted by Gasteiger charge is -2.31. The van der Waals surface area contributed by atoms with Crippen molar-refractivity contribution in [1.29, 1.82) is 0 Å². The fraction of sp³-hybridized carbons (Fsp3) is 0.300. The number of aromatic amines is 2. The number of aromatic nitrogens is 2. The van der Waals surface area contributed by atoms with Crippen molar-refractivity contribution in [3.05, 3.63) is 66.1 Å². The predicted octanol–water partition coefficient (Wildman–Crippen LogP) is 1.33. The van der Waals surface area contributed by atoms with Gasteiger partial charge in [-0.3, -0.25) is 0 Å².